The molecule has 0 radical (unpaired) electrons. The van der Waals surface area contributed by atoms with E-state index >= 15 is 0 Å². The minimum atomic E-state index is -1.21. The van der Waals surface area contributed by atoms with Crippen LogP contribution < -0.4 is 5.32 Å². The van der Waals surface area contributed by atoms with E-state index in [1.165, 1.54) is 17.2 Å². The number of fused-ring (bicyclic) bond motifs is 1. The third-order valence-electron chi connectivity index (χ3n) is 5.20. The van der Waals surface area contributed by atoms with Crippen molar-refractivity contribution < 1.29 is 25.2 Å². The van der Waals surface area contributed by atoms with Crippen molar-refractivity contribution in [3.8, 4) is 0 Å². The van der Waals surface area contributed by atoms with Gasteiger partial charge < -0.3 is 30.5 Å². The van der Waals surface area contributed by atoms with Gasteiger partial charge in [-0.25, -0.2) is 15.0 Å². The van der Waals surface area contributed by atoms with E-state index in [1.54, 1.807) is 0 Å². The summed E-state index contributed by atoms with van der Waals surface area (Å²) < 4.78 is 7.06. The molecule has 0 unspecified atom stereocenters. The molecular formula is C16H23N5O5. The number of ether oxygens (including phenoxy) is 1. The Balaban J connectivity index is 1.63. The summed E-state index contributed by atoms with van der Waals surface area (Å²) in [6.45, 7) is -0.400. The van der Waals surface area contributed by atoms with Crippen LogP contribution in [0.1, 0.15) is 31.9 Å². The van der Waals surface area contributed by atoms with Gasteiger partial charge in [0, 0.05) is 0 Å². The Kier molecular flexibility index (Phi) is 4.76. The first-order valence-corrected chi connectivity index (χ1v) is 8.84. The second-order valence-corrected chi connectivity index (χ2v) is 6.88. The topological polar surface area (TPSA) is 146 Å². The lowest BCUT2D eigenvalue weighted by Crippen LogP contribution is -2.36. The van der Waals surface area contributed by atoms with Crippen LogP contribution in [0.15, 0.2) is 12.7 Å². The molecule has 6 atom stereocenters. The van der Waals surface area contributed by atoms with Crippen molar-refractivity contribution in [1.82, 2.24) is 19.5 Å². The highest BCUT2D eigenvalue weighted by molar-refractivity contribution is 5.82. The standard InChI is InChI=1S/C16H23N5O5/c22-5-10-12(24)13(25)16(26-10)21-7-19-11-14(17-6-18-15(11)21)20-8-3-1-2-4-9(8)23/h6-10,12-13,16,22-25H,1-5H2,(H,17,18,20)/t8-,9+,10-,12-,13-,16-/m1/s1. The van der Waals surface area contributed by atoms with Crippen LogP contribution in [0.25, 0.3) is 11.2 Å². The Hall–Kier alpha value is -1.85. The van der Waals surface area contributed by atoms with E-state index in [-0.39, 0.29) is 6.04 Å². The van der Waals surface area contributed by atoms with Crippen LogP contribution in [0.2, 0.25) is 0 Å². The maximum Gasteiger partial charge on any atom is 0.167 e. The number of nitrogens with zero attached hydrogens (tertiary/aromatic N) is 4. The lowest BCUT2D eigenvalue weighted by atomic mass is 9.92. The summed E-state index contributed by atoms with van der Waals surface area (Å²) in [5, 5.41) is 42.9. The van der Waals surface area contributed by atoms with E-state index < -0.39 is 37.3 Å². The molecule has 0 aromatic carbocycles. The molecule has 10 heteroatoms. The van der Waals surface area contributed by atoms with Gasteiger partial charge in [0.05, 0.1) is 25.1 Å². The van der Waals surface area contributed by atoms with Crippen LogP contribution >= 0.6 is 0 Å². The van der Waals surface area contributed by atoms with Crippen molar-refractivity contribution in [1.29, 1.82) is 0 Å². The van der Waals surface area contributed by atoms with E-state index in [4.69, 9.17) is 4.74 Å². The molecule has 0 bridgehead atoms. The van der Waals surface area contributed by atoms with Gasteiger partial charge in [-0.2, -0.15) is 0 Å². The van der Waals surface area contributed by atoms with E-state index in [0.29, 0.717) is 17.0 Å². The summed E-state index contributed by atoms with van der Waals surface area (Å²) in [7, 11) is 0. The van der Waals surface area contributed by atoms with Crippen molar-refractivity contribution in [2.45, 2.75) is 62.4 Å². The van der Waals surface area contributed by atoms with Gasteiger partial charge in [0.15, 0.2) is 23.2 Å². The number of nitrogens with one attached hydrogen (secondary N) is 1. The Labute approximate surface area is 149 Å². The maximum atomic E-state index is 10.2. The third-order valence-corrected chi connectivity index (χ3v) is 5.20. The second-order valence-electron chi connectivity index (χ2n) is 6.88. The Bertz CT molecular complexity index is 771. The summed E-state index contributed by atoms with van der Waals surface area (Å²) in [4.78, 5) is 12.8. The molecule has 10 nitrogen and oxygen atoms in total. The highest BCUT2D eigenvalue weighted by atomic mass is 16.6. The zero-order valence-corrected chi connectivity index (χ0v) is 14.1. The average molecular weight is 365 g/mol. The molecule has 142 valence electrons. The predicted octanol–water partition coefficient (Wildman–Crippen LogP) is -0.847. The van der Waals surface area contributed by atoms with Crippen LogP contribution in [0.3, 0.4) is 0 Å². The van der Waals surface area contributed by atoms with Gasteiger partial charge in [-0.15, -0.1) is 0 Å². The fraction of sp³-hybridized carbons (Fsp3) is 0.688. The Morgan fingerprint density at radius 1 is 1.12 bits per heavy atom. The Morgan fingerprint density at radius 2 is 1.92 bits per heavy atom. The number of rotatable bonds is 4. The fourth-order valence-electron chi connectivity index (χ4n) is 3.71. The molecule has 0 amide bonds. The number of anilines is 1. The van der Waals surface area contributed by atoms with Gasteiger partial charge in [0.1, 0.15) is 24.6 Å². The molecule has 0 spiro atoms. The number of aliphatic hydroxyl groups excluding tert-OH is 4. The van der Waals surface area contributed by atoms with Crippen LogP contribution in [-0.2, 0) is 4.74 Å². The summed E-state index contributed by atoms with van der Waals surface area (Å²) in [6, 6.07) is -0.0964. The molecule has 2 fully saturated rings. The van der Waals surface area contributed by atoms with Crippen molar-refractivity contribution in [2.75, 3.05) is 11.9 Å². The van der Waals surface area contributed by atoms with Gasteiger partial charge in [0.2, 0.25) is 0 Å². The number of aliphatic hydroxyl groups is 4. The van der Waals surface area contributed by atoms with Crippen LogP contribution in [0.5, 0.6) is 0 Å². The zero-order chi connectivity index (χ0) is 18.3. The van der Waals surface area contributed by atoms with Gasteiger partial charge in [-0.1, -0.05) is 12.8 Å². The van der Waals surface area contributed by atoms with Gasteiger partial charge >= 0.3 is 0 Å². The molecule has 2 aromatic rings. The van der Waals surface area contributed by atoms with Gasteiger partial charge in [-0.3, -0.25) is 4.57 Å². The lowest BCUT2D eigenvalue weighted by molar-refractivity contribution is -0.0511. The molecular weight excluding hydrogens is 342 g/mol. The minimum absolute atomic E-state index is 0.0964. The molecule has 1 aliphatic carbocycles. The smallest absolute Gasteiger partial charge is 0.167 e. The van der Waals surface area contributed by atoms with Crippen molar-refractivity contribution >= 4 is 17.0 Å². The van der Waals surface area contributed by atoms with Crippen LogP contribution in [0.4, 0.5) is 5.82 Å². The number of aromatic nitrogens is 4. The summed E-state index contributed by atoms with van der Waals surface area (Å²) in [5.41, 5.74) is 0.922. The molecule has 2 aromatic heterocycles. The first-order valence-electron chi connectivity index (χ1n) is 8.84. The number of hydrogen-bond donors (Lipinski definition) is 5. The van der Waals surface area contributed by atoms with Crippen LogP contribution in [0, 0.1) is 0 Å². The fourth-order valence-corrected chi connectivity index (χ4v) is 3.71. The number of imidazole rings is 1. The minimum Gasteiger partial charge on any atom is -0.394 e. The quantitative estimate of drug-likeness (QED) is 0.468. The summed E-state index contributed by atoms with van der Waals surface area (Å²) in [6.07, 6.45) is 1.87. The van der Waals surface area contributed by atoms with Crippen molar-refractivity contribution in [3.63, 3.8) is 0 Å². The SMILES string of the molecule is OC[C@H]1O[C@@H](n2cnc3c(N[C@@H]4CCCC[C@@H]4O)ncnc32)[C@H](O)[C@@H]1O. The first-order chi connectivity index (χ1) is 12.6. The zero-order valence-electron chi connectivity index (χ0n) is 14.1. The lowest BCUT2D eigenvalue weighted by Gasteiger charge is -2.28. The summed E-state index contributed by atoms with van der Waals surface area (Å²) >= 11 is 0. The molecule has 1 saturated heterocycles. The molecule has 2 aliphatic rings. The van der Waals surface area contributed by atoms with Gasteiger partial charge in [0.25, 0.3) is 0 Å². The number of hydrogen-bond acceptors (Lipinski definition) is 9. The van der Waals surface area contributed by atoms with Crippen LogP contribution in [-0.4, -0.2) is 77.0 Å². The molecule has 5 N–H and O–H groups in total. The highest BCUT2D eigenvalue weighted by Gasteiger charge is 2.44. The highest BCUT2D eigenvalue weighted by Crippen LogP contribution is 2.32. The largest absolute Gasteiger partial charge is 0.394 e. The monoisotopic (exact) mass is 365 g/mol. The third kappa shape index (κ3) is 2.93. The van der Waals surface area contributed by atoms with E-state index in [1.807, 2.05) is 0 Å². The normalized spacial score (nSPS) is 35.1. The molecule has 26 heavy (non-hydrogen) atoms. The molecule has 1 saturated carbocycles. The molecule has 1 aliphatic heterocycles. The van der Waals surface area contributed by atoms with E-state index in [9.17, 15) is 20.4 Å². The van der Waals surface area contributed by atoms with Crippen molar-refractivity contribution in [2.24, 2.45) is 0 Å². The first kappa shape index (κ1) is 17.6. The van der Waals surface area contributed by atoms with E-state index in [2.05, 4.69) is 20.3 Å². The van der Waals surface area contributed by atoms with E-state index in [0.717, 1.165) is 25.7 Å². The maximum absolute atomic E-state index is 10.2. The molecule has 3 heterocycles. The predicted molar refractivity (Wildman–Crippen MR) is 90.2 cm³/mol. The van der Waals surface area contributed by atoms with Crippen molar-refractivity contribution in [3.05, 3.63) is 12.7 Å². The molecule has 4 rings (SSSR count). The van der Waals surface area contributed by atoms with Gasteiger partial charge in [-0.05, 0) is 12.8 Å². The summed E-state index contributed by atoms with van der Waals surface area (Å²) in [5.74, 6) is 0.506. The average Bonchev–Trinajstić information content (AvgIpc) is 3.19. The second kappa shape index (κ2) is 7.05. The Morgan fingerprint density at radius 3 is 2.65 bits per heavy atom.